The van der Waals surface area contributed by atoms with Crippen molar-refractivity contribution < 1.29 is 0 Å². The van der Waals surface area contributed by atoms with Gasteiger partial charge in [0, 0.05) is 5.88 Å². The van der Waals surface area contributed by atoms with Gasteiger partial charge in [0.15, 0.2) is 0 Å². The summed E-state index contributed by atoms with van der Waals surface area (Å²) in [4.78, 5) is 0. The van der Waals surface area contributed by atoms with Crippen LogP contribution in [-0.2, 0) is 5.88 Å². The fraction of sp³-hybridized carbons (Fsp3) is 0.200. The molecule has 16 heavy (non-hydrogen) atoms. The van der Waals surface area contributed by atoms with E-state index in [1.807, 2.05) is 0 Å². The molecular formula is C15H15Cl. The second-order valence-corrected chi connectivity index (χ2v) is 4.48. The Labute approximate surface area is 102 Å². The quantitative estimate of drug-likeness (QED) is 0.656. The van der Waals surface area contributed by atoms with Gasteiger partial charge in [0.05, 0.1) is 0 Å². The van der Waals surface area contributed by atoms with E-state index < -0.39 is 0 Å². The van der Waals surface area contributed by atoms with Crippen LogP contribution in [0.4, 0.5) is 0 Å². The van der Waals surface area contributed by atoms with Crippen molar-refractivity contribution in [2.24, 2.45) is 0 Å². The van der Waals surface area contributed by atoms with Gasteiger partial charge in [-0.25, -0.2) is 0 Å². The highest BCUT2D eigenvalue weighted by molar-refractivity contribution is 6.17. The minimum absolute atomic E-state index is 0.568. The fourth-order valence-corrected chi connectivity index (χ4v) is 2.14. The summed E-state index contributed by atoms with van der Waals surface area (Å²) < 4.78 is 0. The van der Waals surface area contributed by atoms with E-state index in [4.69, 9.17) is 11.6 Å². The summed E-state index contributed by atoms with van der Waals surface area (Å²) >= 11 is 5.85. The minimum Gasteiger partial charge on any atom is -0.122 e. The SMILES string of the molecule is Cc1cc(C)cc(-c2cccc(CCl)c2)c1. The first-order valence-corrected chi connectivity index (χ1v) is 5.96. The molecule has 0 spiro atoms. The fourth-order valence-electron chi connectivity index (χ4n) is 1.98. The molecule has 0 aromatic heterocycles. The summed E-state index contributed by atoms with van der Waals surface area (Å²) in [7, 11) is 0. The van der Waals surface area contributed by atoms with E-state index in [9.17, 15) is 0 Å². The first-order valence-electron chi connectivity index (χ1n) is 5.42. The number of halogens is 1. The third kappa shape index (κ3) is 2.45. The monoisotopic (exact) mass is 230 g/mol. The molecule has 0 nitrogen and oxygen atoms in total. The maximum Gasteiger partial charge on any atom is 0.0474 e. The molecule has 0 heterocycles. The molecule has 0 N–H and O–H groups in total. The van der Waals surface area contributed by atoms with Crippen LogP contribution in [0.1, 0.15) is 16.7 Å². The zero-order valence-corrected chi connectivity index (χ0v) is 10.4. The van der Waals surface area contributed by atoms with Crippen LogP contribution in [0.2, 0.25) is 0 Å². The number of hydrogen-bond acceptors (Lipinski definition) is 0. The molecule has 0 unspecified atom stereocenters. The summed E-state index contributed by atoms with van der Waals surface area (Å²) in [6.45, 7) is 4.25. The largest absolute Gasteiger partial charge is 0.122 e. The molecule has 2 rings (SSSR count). The van der Waals surface area contributed by atoms with Gasteiger partial charge in [0.2, 0.25) is 0 Å². The molecule has 0 aliphatic heterocycles. The van der Waals surface area contributed by atoms with Gasteiger partial charge in [-0.05, 0) is 36.6 Å². The highest BCUT2D eigenvalue weighted by atomic mass is 35.5. The van der Waals surface area contributed by atoms with E-state index in [1.165, 1.54) is 27.8 Å². The van der Waals surface area contributed by atoms with Crippen LogP contribution >= 0.6 is 11.6 Å². The topological polar surface area (TPSA) is 0 Å². The van der Waals surface area contributed by atoms with Crippen molar-refractivity contribution in [3.8, 4) is 11.1 Å². The molecule has 82 valence electrons. The normalized spacial score (nSPS) is 10.4. The van der Waals surface area contributed by atoms with Crippen LogP contribution < -0.4 is 0 Å². The van der Waals surface area contributed by atoms with E-state index in [0.29, 0.717) is 5.88 Å². The predicted octanol–water partition coefficient (Wildman–Crippen LogP) is 4.71. The average molecular weight is 231 g/mol. The Morgan fingerprint density at radius 3 is 2.19 bits per heavy atom. The molecule has 0 radical (unpaired) electrons. The minimum atomic E-state index is 0.568. The third-order valence-electron chi connectivity index (χ3n) is 2.64. The molecule has 0 saturated heterocycles. The highest BCUT2D eigenvalue weighted by Crippen LogP contribution is 2.23. The molecule has 0 saturated carbocycles. The van der Waals surface area contributed by atoms with Gasteiger partial charge in [-0.15, -0.1) is 11.6 Å². The van der Waals surface area contributed by atoms with Gasteiger partial charge in [-0.1, -0.05) is 47.5 Å². The first-order chi connectivity index (χ1) is 7.69. The molecule has 0 aliphatic carbocycles. The average Bonchev–Trinajstić information content (AvgIpc) is 2.28. The second kappa shape index (κ2) is 4.71. The van der Waals surface area contributed by atoms with Crippen LogP contribution in [0.25, 0.3) is 11.1 Å². The predicted molar refractivity (Wildman–Crippen MR) is 70.9 cm³/mol. The zero-order chi connectivity index (χ0) is 11.5. The molecule has 1 heteroatoms. The Hall–Kier alpha value is -1.27. The summed E-state index contributed by atoms with van der Waals surface area (Å²) in [5, 5.41) is 0. The lowest BCUT2D eigenvalue weighted by atomic mass is 9.99. The molecule has 0 atom stereocenters. The Balaban J connectivity index is 2.49. The van der Waals surface area contributed by atoms with Crippen molar-refractivity contribution in [3.05, 3.63) is 59.2 Å². The number of benzene rings is 2. The van der Waals surface area contributed by atoms with E-state index >= 15 is 0 Å². The van der Waals surface area contributed by atoms with Gasteiger partial charge in [-0.3, -0.25) is 0 Å². The van der Waals surface area contributed by atoms with Crippen molar-refractivity contribution in [1.29, 1.82) is 0 Å². The molecule has 2 aromatic carbocycles. The van der Waals surface area contributed by atoms with Gasteiger partial charge in [0.1, 0.15) is 0 Å². The number of rotatable bonds is 2. The van der Waals surface area contributed by atoms with Crippen LogP contribution in [0.15, 0.2) is 42.5 Å². The Morgan fingerprint density at radius 1 is 0.875 bits per heavy atom. The van der Waals surface area contributed by atoms with Crippen molar-refractivity contribution in [2.75, 3.05) is 0 Å². The Bertz CT molecular complexity index is 480. The second-order valence-electron chi connectivity index (χ2n) is 4.21. The van der Waals surface area contributed by atoms with Crippen LogP contribution in [0, 0.1) is 13.8 Å². The van der Waals surface area contributed by atoms with Gasteiger partial charge in [-0.2, -0.15) is 0 Å². The molecule has 0 fully saturated rings. The number of hydrogen-bond donors (Lipinski definition) is 0. The van der Waals surface area contributed by atoms with E-state index in [1.54, 1.807) is 0 Å². The van der Waals surface area contributed by atoms with Crippen molar-refractivity contribution >= 4 is 11.6 Å². The van der Waals surface area contributed by atoms with Crippen LogP contribution in [-0.4, -0.2) is 0 Å². The van der Waals surface area contributed by atoms with Gasteiger partial charge >= 0.3 is 0 Å². The Morgan fingerprint density at radius 2 is 1.56 bits per heavy atom. The smallest absolute Gasteiger partial charge is 0.0474 e. The molecule has 0 aliphatic rings. The maximum absolute atomic E-state index is 5.85. The summed E-state index contributed by atoms with van der Waals surface area (Å²) in [6, 6.07) is 15.0. The van der Waals surface area contributed by atoms with E-state index in [2.05, 4.69) is 56.3 Å². The maximum atomic E-state index is 5.85. The highest BCUT2D eigenvalue weighted by Gasteiger charge is 2.00. The van der Waals surface area contributed by atoms with Crippen LogP contribution in [0.3, 0.4) is 0 Å². The molecular weight excluding hydrogens is 216 g/mol. The molecule has 0 amide bonds. The van der Waals surface area contributed by atoms with Crippen LogP contribution in [0.5, 0.6) is 0 Å². The van der Waals surface area contributed by atoms with E-state index in [-0.39, 0.29) is 0 Å². The molecule has 0 bridgehead atoms. The lowest BCUT2D eigenvalue weighted by Crippen LogP contribution is -1.84. The molecule has 2 aromatic rings. The summed E-state index contributed by atoms with van der Waals surface area (Å²) in [6.07, 6.45) is 0. The van der Waals surface area contributed by atoms with Gasteiger partial charge < -0.3 is 0 Å². The Kier molecular flexibility index (Phi) is 3.31. The van der Waals surface area contributed by atoms with E-state index in [0.717, 1.165) is 0 Å². The summed E-state index contributed by atoms with van der Waals surface area (Å²) in [5.74, 6) is 0.568. The van der Waals surface area contributed by atoms with Crippen molar-refractivity contribution in [2.45, 2.75) is 19.7 Å². The van der Waals surface area contributed by atoms with Gasteiger partial charge in [0.25, 0.3) is 0 Å². The van der Waals surface area contributed by atoms with Crippen molar-refractivity contribution in [1.82, 2.24) is 0 Å². The zero-order valence-electron chi connectivity index (χ0n) is 9.63. The third-order valence-corrected chi connectivity index (χ3v) is 2.94. The lowest BCUT2D eigenvalue weighted by Gasteiger charge is -2.06. The lowest BCUT2D eigenvalue weighted by molar-refractivity contribution is 1.37. The summed E-state index contributed by atoms with van der Waals surface area (Å²) in [5.41, 5.74) is 6.27. The van der Waals surface area contributed by atoms with Crippen molar-refractivity contribution in [3.63, 3.8) is 0 Å². The standard InChI is InChI=1S/C15H15Cl/c1-11-6-12(2)8-15(7-11)14-5-3-4-13(9-14)10-16/h3-9H,10H2,1-2H3. The number of aryl methyl sites for hydroxylation is 2. The first kappa shape index (κ1) is 11.2. The number of alkyl halides is 1.